The molecule has 2 heterocycles. The van der Waals surface area contributed by atoms with E-state index in [2.05, 4.69) is 0 Å². The van der Waals surface area contributed by atoms with Gasteiger partial charge < -0.3 is 18.8 Å². The van der Waals surface area contributed by atoms with Crippen molar-refractivity contribution in [2.45, 2.75) is 19.6 Å². The zero-order valence-corrected chi connectivity index (χ0v) is 12.0. The third kappa shape index (κ3) is 2.86. The van der Waals surface area contributed by atoms with Crippen LogP contribution in [0.4, 0.5) is 0 Å². The molecule has 1 aromatic carbocycles. The number of carbonyl (C=O) groups excluding carboxylic acids is 1. The number of furan rings is 1. The number of para-hydroxylation sites is 2. The number of aryl methyl sites for hydroxylation is 1. The molecule has 0 spiro atoms. The fraction of sp³-hybridized carbons (Fsp3) is 0.312. The molecule has 0 N–H and O–H groups in total. The van der Waals surface area contributed by atoms with Crippen LogP contribution in [0.5, 0.6) is 11.5 Å². The van der Waals surface area contributed by atoms with Crippen molar-refractivity contribution >= 4 is 5.91 Å². The maximum absolute atomic E-state index is 12.4. The van der Waals surface area contributed by atoms with Crippen molar-refractivity contribution in [3.8, 4) is 11.5 Å². The van der Waals surface area contributed by atoms with Crippen LogP contribution in [0.25, 0.3) is 0 Å². The van der Waals surface area contributed by atoms with Crippen molar-refractivity contribution in [1.82, 2.24) is 4.90 Å². The van der Waals surface area contributed by atoms with Crippen LogP contribution in [-0.4, -0.2) is 30.6 Å². The molecule has 1 aliphatic heterocycles. The Kier molecular flexibility index (Phi) is 3.56. The number of carbonyl (C=O) groups is 1. The van der Waals surface area contributed by atoms with Crippen LogP contribution in [0, 0.1) is 6.92 Å². The summed E-state index contributed by atoms with van der Waals surface area (Å²) in [6.45, 7) is 2.51. The van der Waals surface area contributed by atoms with E-state index < -0.39 is 6.10 Å². The van der Waals surface area contributed by atoms with Crippen LogP contribution in [0.3, 0.4) is 0 Å². The maximum atomic E-state index is 12.4. The first kappa shape index (κ1) is 13.5. The standard InChI is InChI=1S/C16H17NO4/c1-11-7-8-12(20-11)9-17(2)16(18)15-10-19-13-5-3-4-6-14(13)21-15/h3-8,15H,9-10H2,1-2H3/t15-/m0/s1. The van der Waals surface area contributed by atoms with E-state index in [1.807, 2.05) is 37.3 Å². The Labute approximate surface area is 123 Å². The van der Waals surface area contributed by atoms with Crippen molar-refractivity contribution in [3.05, 3.63) is 47.9 Å². The van der Waals surface area contributed by atoms with Gasteiger partial charge in [0.2, 0.25) is 6.10 Å². The van der Waals surface area contributed by atoms with Crippen LogP contribution in [-0.2, 0) is 11.3 Å². The van der Waals surface area contributed by atoms with E-state index in [9.17, 15) is 4.79 Å². The summed E-state index contributed by atoms with van der Waals surface area (Å²) in [6.07, 6.45) is -0.624. The summed E-state index contributed by atoms with van der Waals surface area (Å²) in [5.41, 5.74) is 0. The molecule has 0 aliphatic carbocycles. The molecule has 0 fully saturated rings. The van der Waals surface area contributed by atoms with Gasteiger partial charge in [-0.15, -0.1) is 0 Å². The lowest BCUT2D eigenvalue weighted by Gasteiger charge is -2.28. The molecule has 0 saturated heterocycles. The summed E-state index contributed by atoms with van der Waals surface area (Å²) in [6, 6.07) is 11.1. The predicted octanol–water partition coefficient (Wildman–Crippen LogP) is 2.39. The first-order valence-electron chi connectivity index (χ1n) is 6.82. The predicted molar refractivity (Wildman–Crippen MR) is 76.3 cm³/mol. The first-order valence-corrected chi connectivity index (χ1v) is 6.82. The Balaban J connectivity index is 1.66. The smallest absolute Gasteiger partial charge is 0.267 e. The van der Waals surface area contributed by atoms with Gasteiger partial charge in [0.1, 0.15) is 18.1 Å². The normalized spacial score (nSPS) is 16.6. The molecular weight excluding hydrogens is 270 g/mol. The van der Waals surface area contributed by atoms with E-state index in [-0.39, 0.29) is 12.5 Å². The maximum Gasteiger partial charge on any atom is 0.267 e. The molecule has 3 rings (SSSR count). The second-order valence-corrected chi connectivity index (χ2v) is 5.07. The Bertz CT molecular complexity index is 649. The number of likely N-dealkylation sites (N-methyl/N-ethyl adjacent to an activating group) is 1. The number of ether oxygens (including phenoxy) is 2. The van der Waals surface area contributed by atoms with Gasteiger partial charge in [-0.2, -0.15) is 0 Å². The van der Waals surface area contributed by atoms with Crippen LogP contribution in [0.2, 0.25) is 0 Å². The molecule has 0 saturated carbocycles. The lowest BCUT2D eigenvalue weighted by molar-refractivity contribution is -0.140. The average Bonchev–Trinajstić information content (AvgIpc) is 2.91. The summed E-state index contributed by atoms with van der Waals surface area (Å²) in [4.78, 5) is 14.0. The van der Waals surface area contributed by atoms with Gasteiger partial charge >= 0.3 is 0 Å². The quantitative estimate of drug-likeness (QED) is 0.869. The summed E-state index contributed by atoms with van der Waals surface area (Å²) >= 11 is 0. The Morgan fingerprint density at radius 1 is 1.24 bits per heavy atom. The molecule has 5 heteroatoms. The Hall–Kier alpha value is -2.43. The summed E-state index contributed by atoms with van der Waals surface area (Å²) in [7, 11) is 1.73. The van der Waals surface area contributed by atoms with E-state index in [4.69, 9.17) is 13.9 Å². The van der Waals surface area contributed by atoms with Crippen LogP contribution in [0.15, 0.2) is 40.8 Å². The number of hydrogen-bond donors (Lipinski definition) is 0. The molecule has 0 bridgehead atoms. The topological polar surface area (TPSA) is 51.9 Å². The summed E-state index contributed by atoms with van der Waals surface area (Å²) in [5.74, 6) is 2.73. The second kappa shape index (κ2) is 5.52. The SMILES string of the molecule is Cc1ccc(CN(C)C(=O)[C@@H]2COc3ccccc3O2)o1. The third-order valence-corrected chi connectivity index (χ3v) is 3.35. The molecule has 0 radical (unpaired) electrons. The van der Waals surface area contributed by atoms with E-state index in [0.29, 0.717) is 18.0 Å². The van der Waals surface area contributed by atoms with Gasteiger partial charge in [0.05, 0.1) is 6.54 Å². The molecule has 110 valence electrons. The molecule has 2 aromatic rings. The zero-order valence-electron chi connectivity index (χ0n) is 12.0. The van der Waals surface area contributed by atoms with E-state index in [0.717, 1.165) is 11.5 Å². The fourth-order valence-electron chi connectivity index (χ4n) is 2.27. The fourth-order valence-corrected chi connectivity index (χ4v) is 2.27. The summed E-state index contributed by atoms with van der Waals surface area (Å²) in [5, 5.41) is 0. The monoisotopic (exact) mass is 287 g/mol. The molecule has 21 heavy (non-hydrogen) atoms. The third-order valence-electron chi connectivity index (χ3n) is 3.35. The number of hydrogen-bond acceptors (Lipinski definition) is 4. The second-order valence-electron chi connectivity index (χ2n) is 5.07. The lowest BCUT2D eigenvalue weighted by Crippen LogP contribution is -2.44. The van der Waals surface area contributed by atoms with Crippen molar-refractivity contribution in [3.63, 3.8) is 0 Å². The zero-order chi connectivity index (χ0) is 14.8. The number of nitrogens with zero attached hydrogens (tertiary/aromatic N) is 1. The van der Waals surface area contributed by atoms with E-state index >= 15 is 0 Å². The highest BCUT2D eigenvalue weighted by molar-refractivity contribution is 5.81. The molecule has 5 nitrogen and oxygen atoms in total. The number of rotatable bonds is 3. The van der Waals surface area contributed by atoms with Crippen molar-refractivity contribution in [1.29, 1.82) is 0 Å². The Morgan fingerprint density at radius 2 is 2.00 bits per heavy atom. The highest BCUT2D eigenvalue weighted by Crippen LogP contribution is 2.31. The highest BCUT2D eigenvalue weighted by Gasteiger charge is 2.29. The van der Waals surface area contributed by atoms with Crippen molar-refractivity contribution < 1.29 is 18.7 Å². The van der Waals surface area contributed by atoms with Crippen molar-refractivity contribution in [2.24, 2.45) is 0 Å². The van der Waals surface area contributed by atoms with E-state index in [1.165, 1.54) is 0 Å². The molecule has 1 atom stereocenters. The molecule has 1 amide bonds. The molecule has 0 unspecified atom stereocenters. The lowest BCUT2D eigenvalue weighted by atomic mass is 10.2. The largest absolute Gasteiger partial charge is 0.485 e. The summed E-state index contributed by atoms with van der Waals surface area (Å²) < 4.78 is 16.8. The minimum absolute atomic E-state index is 0.126. The number of benzene rings is 1. The van der Waals surface area contributed by atoms with Gasteiger partial charge in [0.25, 0.3) is 5.91 Å². The number of fused-ring (bicyclic) bond motifs is 1. The Morgan fingerprint density at radius 3 is 2.71 bits per heavy atom. The van der Waals surface area contributed by atoms with Gasteiger partial charge in [-0.05, 0) is 31.2 Å². The van der Waals surface area contributed by atoms with Gasteiger partial charge in [-0.1, -0.05) is 12.1 Å². The van der Waals surface area contributed by atoms with Gasteiger partial charge in [-0.3, -0.25) is 4.79 Å². The van der Waals surface area contributed by atoms with Crippen molar-refractivity contribution in [2.75, 3.05) is 13.7 Å². The van der Waals surface area contributed by atoms with Crippen LogP contribution < -0.4 is 9.47 Å². The average molecular weight is 287 g/mol. The minimum atomic E-state index is -0.624. The van der Waals surface area contributed by atoms with Gasteiger partial charge in [0.15, 0.2) is 11.5 Å². The number of amides is 1. The van der Waals surface area contributed by atoms with Gasteiger partial charge in [-0.25, -0.2) is 0 Å². The molecular formula is C16H17NO4. The van der Waals surface area contributed by atoms with E-state index in [1.54, 1.807) is 18.0 Å². The highest BCUT2D eigenvalue weighted by atomic mass is 16.6. The minimum Gasteiger partial charge on any atom is -0.485 e. The van der Waals surface area contributed by atoms with Crippen LogP contribution in [0.1, 0.15) is 11.5 Å². The molecule has 1 aromatic heterocycles. The molecule has 1 aliphatic rings. The van der Waals surface area contributed by atoms with Gasteiger partial charge in [0, 0.05) is 7.05 Å². The first-order chi connectivity index (χ1) is 10.1. The van der Waals surface area contributed by atoms with Crippen LogP contribution >= 0.6 is 0 Å².